The summed E-state index contributed by atoms with van der Waals surface area (Å²) in [7, 11) is 0. The number of hydrogen-bond donors (Lipinski definition) is 0. The maximum atomic E-state index is 9.90. The third-order valence-electron chi connectivity index (χ3n) is 0. The molecule has 0 N–H and O–H groups in total. The Hall–Kier alpha value is 0.203. The summed E-state index contributed by atoms with van der Waals surface area (Å²) in [5.41, 5.74) is 0. The van der Waals surface area contributed by atoms with Crippen molar-refractivity contribution in [3.63, 3.8) is 0 Å². The van der Waals surface area contributed by atoms with Crippen molar-refractivity contribution in [2.24, 2.45) is 0 Å². The molecule has 51 valence electrons. The molecule has 0 rings (SSSR count). The van der Waals surface area contributed by atoms with Gasteiger partial charge in [-0.05, 0) is 0 Å². The van der Waals surface area contributed by atoms with Crippen molar-refractivity contribution < 1.29 is 35.3 Å². The Bertz CT molecular complexity index is 62.7. The number of hydrogen-bond acceptors (Lipinski definition) is 0. The van der Waals surface area contributed by atoms with Crippen molar-refractivity contribution in [2.75, 3.05) is 0 Å². The monoisotopic (exact) mass is 217 g/mol. The Labute approximate surface area is 36.2 Å². The van der Waals surface area contributed by atoms with Gasteiger partial charge in [0.1, 0.15) is 0 Å². The molecule has 0 unspecified atom stereocenters. The van der Waals surface area contributed by atoms with Crippen molar-refractivity contribution in [1.29, 1.82) is 0 Å². The van der Waals surface area contributed by atoms with Gasteiger partial charge in [0.2, 0.25) is 0 Å². The molecule has 7 heteroatoms. The molecular formula is F6Rh. The van der Waals surface area contributed by atoms with Crippen molar-refractivity contribution in [1.82, 2.24) is 0 Å². The molecule has 0 nitrogen and oxygen atoms in total. The van der Waals surface area contributed by atoms with E-state index in [0.29, 0.717) is 0 Å². The van der Waals surface area contributed by atoms with E-state index in [1.807, 2.05) is 0 Å². The summed E-state index contributed by atoms with van der Waals surface area (Å²) in [5, 5.41) is 0. The Kier molecular flexibility index (Phi) is 0.748. The summed E-state index contributed by atoms with van der Waals surface area (Å²) >= 11 is -11.0. The van der Waals surface area contributed by atoms with Crippen LogP contribution in [0.3, 0.4) is 0 Å². The van der Waals surface area contributed by atoms with E-state index in [1.165, 1.54) is 0 Å². The van der Waals surface area contributed by atoms with Gasteiger partial charge in [-0.25, -0.2) is 0 Å². The van der Waals surface area contributed by atoms with Crippen molar-refractivity contribution in [3.05, 3.63) is 0 Å². The van der Waals surface area contributed by atoms with Crippen LogP contribution in [0.15, 0.2) is 0 Å². The molecule has 0 atom stereocenters. The van der Waals surface area contributed by atoms with Crippen LogP contribution in [0.4, 0.5) is 19.9 Å². The molecule has 7 heavy (non-hydrogen) atoms. The zero-order valence-electron chi connectivity index (χ0n) is 2.60. The second-order valence-corrected chi connectivity index (χ2v) is 4.23. The standard InChI is InChI=1S/6FH.Rh/h6*1H;/q;;;;;;+6/p-6. The van der Waals surface area contributed by atoms with E-state index >= 15 is 0 Å². The van der Waals surface area contributed by atoms with Crippen LogP contribution in [-0.4, -0.2) is 0 Å². The van der Waals surface area contributed by atoms with Gasteiger partial charge < -0.3 is 0 Å². The minimum absolute atomic E-state index is 9.90. The van der Waals surface area contributed by atoms with Crippen LogP contribution < -0.4 is 0 Å². The third kappa shape index (κ3) is 2650. The zero-order valence-corrected chi connectivity index (χ0v) is 4.24. The minimum atomic E-state index is -11.0. The molecule has 0 aliphatic heterocycles. The molecule has 0 aromatic rings. The first kappa shape index (κ1) is 7.20. The van der Waals surface area contributed by atoms with Crippen LogP contribution in [0.25, 0.3) is 0 Å². The maximum absolute atomic E-state index is 11.0. The van der Waals surface area contributed by atoms with Crippen LogP contribution in [0, 0.1) is 0 Å². The van der Waals surface area contributed by atoms with E-state index in [1.54, 1.807) is 0 Å². The number of rotatable bonds is 0. The Morgan fingerprint density at radius 2 is 0.571 bits per heavy atom. The summed E-state index contributed by atoms with van der Waals surface area (Å²) in [6.45, 7) is 0. The Balaban J connectivity index is 4.43. The van der Waals surface area contributed by atoms with E-state index in [2.05, 4.69) is 0 Å². The predicted octanol–water partition coefficient (Wildman–Crippen LogP) is 2.52. The van der Waals surface area contributed by atoms with Crippen LogP contribution in [0.5, 0.6) is 0 Å². The third-order valence-corrected chi connectivity index (χ3v) is 0. The van der Waals surface area contributed by atoms with Crippen molar-refractivity contribution in [2.45, 2.75) is 0 Å². The molecule has 0 aliphatic carbocycles. The molecule has 0 bridgehead atoms. The van der Waals surface area contributed by atoms with Crippen LogP contribution in [0.2, 0.25) is 0 Å². The van der Waals surface area contributed by atoms with Gasteiger partial charge in [-0.3, -0.25) is 0 Å². The predicted molar refractivity (Wildman–Crippen MR) is 6.65 cm³/mol. The second-order valence-electron chi connectivity index (χ2n) is 0.714. The summed E-state index contributed by atoms with van der Waals surface area (Å²) in [5.74, 6) is 0. The van der Waals surface area contributed by atoms with E-state index in [0.717, 1.165) is 0 Å². The second kappa shape index (κ2) is 0.727. The average Bonchev–Trinajstić information content (AvgIpc) is 0.592. The SMILES string of the molecule is [F][Rh]([F])([F])([F])([F])[F]. The normalized spacial score (nSPS) is 23.1. The Morgan fingerprint density at radius 3 is 0.571 bits per heavy atom. The van der Waals surface area contributed by atoms with Crippen LogP contribution in [-0.2, 0) is 15.4 Å². The summed E-state index contributed by atoms with van der Waals surface area (Å²) < 4.78 is 59.4. The van der Waals surface area contributed by atoms with E-state index in [9.17, 15) is 19.9 Å². The molecule has 0 aliphatic rings. The van der Waals surface area contributed by atoms with Crippen LogP contribution >= 0.6 is 0 Å². The van der Waals surface area contributed by atoms with E-state index in [-0.39, 0.29) is 0 Å². The fourth-order valence-corrected chi connectivity index (χ4v) is 0. The summed E-state index contributed by atoms with van der Waals surface area (Å²) in [4.78, 5) is 0. The summed E-state index contributed by atoms with van der Waals surface area (Å²) in [6.07, 6.45) is 0. The van der Waals surface area contributed by atoms with E-state index < -0.39 is 15.4 Å². The molecule has 0 aromatic carbocycles. The van der Waals surface area contributed by atoms with Crippen LogP contribution in [0.1, 0.15) is 0 Å². The first-order valence-corrected chi connectivity index (χ1v) is 4.47. The first-order valence-electron chi connectivity index (χ1n) is 0.756. The summed E-state index contributed by atoms with van der Waals surface area (Å²) in [6, 6.07) is 0. The van der Waals surface area contributed by atoms with Gasteiger partial charge in [-0.1, -0.05) is 0 Å². The van der Waals surface area contributed by atoms with Crippen molar-refractivity contribution in [3.8, 4) is 0 Å². The molecule has 0 aromatic heterocycles. The number of halogens is 6. The fourth-order valence-electron chi connectivity index (χ4n) is 0. The zero-order chi connectivity index (χ0) is 6.41. The van der Waals surface area contributed by atoms with Gasteiger partial charge in [-0.15, -0.1) is 0 Å². The Morgan fingerprint density at radius 1 is 0.571 bits per heavy atom. The molecule has 0 saturated carbocycles. The van der Waals surface area contributed by atoms with Crippen molar-refractivity contribution >= 4 is 0 Å². The van der Waals surface area contributed by atoms with Gasteiger partial charge in [0.25, 0.3) is 0 Å². The van der Waals surface area contributed by atoms with Gasteiger partial charge in [-0.2, -0.15) is 0 Å². The van der Waals surface area contributed by atoms with Gasteiger partial charge >= 0.3 is 35.3 Å². The van der Waals surface area contributed by atoms with Gasteiger partial charge in [0.05, 0.1) is 0 Å². The molecule has 0 fully saturated rings. The molecule has 0 amide bonds. The first-order chi connectivity index (χ1) is 2.45. The molecule has 0 radical (unpaired) electrons. The van der Waals surface area contributed by atoms with Gasteiger partial charge in [0.15, 0.2) is 0 Å². The quantitative estimate of drug-likeness (QED) is 0.432. The molecule has 0 saturated heterocycles. The molecular weight excluding hydrogens is 217 g/mol. The molecule has 0 heterocycles. The molecule has 0 spiro atoms. The van der Waals surface area contributed by atoms with Gasteiger partial charge in [0, 0.05) is 0 Å². The fraction of sp³-hybridized carbons (Fsp3) is 0. The van der Waals surface area contributed by atoms with E-state index in [4.69, 9.17) is 0 Å². The topological polar surface area (TPSA) is 0 Å². The average molecular weight is 217 g/mol.